The van der Waals surface area contributed by atoms with E-state index in [0.29, 0.717) is 5.56 Å². The van der Waals surface area contributed by atoms with Crippen LogP contribution in [0, 0.1) is 0 Å². The van der Waals surface area contributed by atoms with Gasteiger partial charge < -0.3 is 0 Å². The Bertz CT molecular complexity index is 657. The van der Waals surface area contributed by atoms with E-state index in [9.17, 15) is 4.79 Å². The van der Waals surface area contributed by atoms with Gasteiger partial charge in [-0.3, -0.25) is 9.78 Å². The minimum Gasteiger partial charge on any atom is -0.298 e. The molecule has 3 rings (SSSR count). The zero-order chi connectivity index (χ0) is 11.7. The number of hydrogen-bond acceptors (Lipinski definition) is 4. The van der Waals surface area contributed by atoms with Crippen molar-refractivity contribution in [2.45, 2.75) is 0 Å². The molecule has 0 aliphatic carbocycles. The monoisotopic (exact) mass is 240 g/mol. The van der Waals surface area contributed by atoms with Gasteiger partial charge in [0, 0.05) is 11.8 Å². The number of carbonyl (C=O) groups excluding carboxylic acids is 1. The predicted octanol–water partition coefficient (Wildman–Crippen LogP) is 3.17. The van der Waals surface area contributed by atoms with Gasteiger partial charge in [-0.05, 0) is 24.3 Å². The molecule has 3 aromatic rings. The molecule has 0 bridgehead atoms. The third-order valence-corrected chi connectivity index (χ3v) is 3.49. The summed E-state index contributed by atoms with van der Waals surface area (Å²) in [5.74, 6) is 0. The number of carbonyl (C=O) groups is 1. The van der Waals surface area contributed by atoms with Gasteiger partial charge in [-0.25, -0.2) is 4.98 Å². The Kier molecular flexibility index (Phi) is 2.42. The topological polar surface area (TPSA) is 42.9 Å². The van der Waals surface area contributed by atoms with Crippen LogP contribution in [0.15, 0.2) is 42.6 Å². The van der Waals surface area contributed by atoms with Crippen LogP contribution >= 0.6 is 11.3 Å². The van der Waals surface area contributed by atoms with Crippen LogP contribution in [-0.4, -0.2) is 16.3 Å². The molecule has 0 atom stereocenters. The highest BCUT2D eigenvalue weighted by molar-refractivity contribution is 7.21. The zero-order valence-corrected chi connectivity index (χ0v) is 9.65. The van der Waals surface area contributed by atoms with E-state index >= 15 is 0 Å². The maximum absolute atomic E-state index is 10.7. The summed E-state index contributed by atoms with van der Waals surface area (Å²) in [5.41, 5.74) is 2.33. The van der Waals surface area contributed by atoms with E-state index in [2.05, 4.69) is 9.97 Å². The number of para-hydroxylation sites is 1. The minimum atomic E-state index is 0.620. The van der Waals surface area contributed by atoms with Gasteiger partial charge >= 0.3 is 0 Å². The molecule has 82 valence electrons. The number of thiazole rings is 1. The summed E-state index contributed by atoms with van der Waals surface area (Å²) in [4.78, 5) is 19.5. The van der Waals surface area contributed by atoms with Crippen LogP contribution in [-0.2, 0) is 0 Å². The van der Waals surface area contributed by atoms with Gasteiger partial charge in [0.25, 0.3) is 0 Å². The van der Waals surface area contributed by atoms with Gasteiger partial charge in [-0.2, -0.15) is 0 Å². The van der Waals surface area contributed by atoms with Crippen LogP contribution in [0.25, 0.3) is 20.9 Å². The molecule has 1 aromatic carbocycles. The van der Waals surface area contributed by atoms with Crippen LogP contribution in [0.4, 0.5) is 0 Å². The van der Waals surface area contributed by atoms with Crippen molar-refractivity contribution in [3.8, 4) is 10.7 Å². The van der Waals surface area contributed by atoms with Crippen LogP contribution in [0.5, 0.6) is 0 Å². The van der Waals surface area contributed by atoms with E-state index in [1.165, 1.54) is 0 Å². The molecule has 0 radical (unpaired) electrons. The zero-order valence-electron chi connectivity index (χ0n) is 8.83. The third-order valence-electron chi connectivity index (χ3n) is 2.43. The first-order valence-electron chi connectivity index (χ1n) is 5.14. The summed E-state index contributed by atoms with van der Waals surface area (Å²) in [7, 11) is 0. The molecule has 2 aromatic heterocycles. The fourth-order valence-electron chi connectivity index (χ4n) is 1.62. The second kappa shape index (κ2) is 4.07. The van der Waals surface area contributed by atoms with Gasteiger partial charge in [0.2, 0.25) is 0 Å². The highest BCUT2D eigenvalue weighted by Gasteiger charge is 2.07. The van der Waals surface area contributed by atoms with E-state index in [0.717, 1.165) is 27.2 Å². The fraction of sp³-hybridized carbons (Fsp3) is 0. The number of aldehydes is 1. The molecule has 17 heavy (non-hydrogen) atoms. The Labute approximate surface area is 102 Å². The Morgan fingerprint density at radius 3 is 2.88 bits per heavy atom. The summed E-state index contributed by atoms with van der Waals surface area (Å²) in [6.07, 6.45) is 2.45. The smallest absolute Gasteiger partial charge is 0.150 e. The van der Waals surface area contributed by atoms with Gasteiger partial charge in [0.15, 0.2) is 0 Å². The van der Waals surface area contributed by atoms with Gasteiger partial charge in [0.1, 0.15) is 11.3 Å². The Morgan fingerprint density at radius 1 is 1.18 bits per heavy atom. The summed E-state index contributed by atoms with van der Waals surface area (Å²) in [5, 5.41) is 0.843. The standard InChI is InChI=1S/C13H8N2OS/c16-8-9-5-6-14-11(7-9)13-15-10-3-1-2-4-12(10)17-13/h1-8H. The lowest BCUT2D eigenvalue weighted by molar-refractivity contribution is 0.112. The van der Waals surface area contributed by atoms with Crippen LogP contribution < -0.4 is 0 Å². The number of fused-ring (bicyclic) bond motifs is 1. The van der Waals surface area contributed by atoms with Crippen LogP contribution in [0.2, 0.25) is 0 Å². The quantitative estimate of drug-likeness (QED) is 0.646. The average molecular weight is 240 g/mol. The van der Waals surface area contributed by atoms with Crippen molar-refractivity contribution in [1.29, 1.82) is 0 Å². The predicted molar refractivity (Wildman–Crippen MR) is 68.2 cm³/mol. The molecule has 0 amide bonds. The van der Waals surface area contributed by atoms with E-state index < -0.39 is 0 Å². The van der Waals surface area contributed by atoms with Crippen LogP contribution in [0.1, 0.15) is 10.4 Å². The molecule has 0 N–H and O–H groups in total. The summed E-state index contributed by atoms with van der Waals surface area (Å²) in [6, 6.07) is 11.4. The van der Waals surface area contributed by atoms with Crippen LogP contribution in [0.3, 0.4) is 0 Å². The van der Waals surface area contributed by atoms with Crippen molar-refractivity contribution in [2.24, 2.45) is 0 Å². The largest absolute Gasteiger partial charge is 0.298 e. The highest BCUT2D eigenvalue weighted by atomic mass is 32.1. The fourth-order valence-corrected chi connectivity index (χ4v) is 2.55. The molecule has 0 aliphatic rings. The number of pyridine rings is 1. The second-order valence-electron chi connectivity index (χ2n) is 3.58. The molecule has 4 heteroatoms. The molecule has 0 spiro atoms. The van der Waals surface area contributed by atoms with E-state index in [1.807, 2.05) is 24.3 Å². The SMILES string of the molecule is O=Cc1ccnc(-c2nc3ccccc3s2)c1. The van der Waals surface area contributed by atoms with E-state index in [4.69, 9.17) is 0 Å². The summed E-state index contributed by atoms with van der Waals surface area (Å²) >= 11 is 1.58. The van der Waals surface area contributed by atoms with E-state index in [1.54, 1.807) is 29.7 Å². The lowest BCUT2D eigenvalue weighted by atomic mass is 10.2. The molecule has 0 aliphatic heterocycles. The lowest BCUT2D eigenvalue weighted by Gasteiger charge is -1.94. The third kappa shape index (κ3) is 1.83. The van der Waals surface area contributed by atoms with Crippen molar-refractivity contribution in [3.63, 3.8) is 0 Å². The number of rotatable bonds is 2. The Hall–Kier alpha value is -2.07. The molecule has 0 unspecified atom stereocenters. The minimum absolute atomic E-state index is 0.620. The summed E-state index contributed by atoms with van der Waals surface area (Å²) < 4.78 is 1.13. The normalized spacial score (nSPS) is 10.6. The molecule has 2 heterocycles. The highest BCUT2D eigenvalue weighted by Crippen LogP contribution is 2.28. The first-order chi connectivity index (χ1) is 8.36. The molecular formula is C13H8N2OS. The summed E-state index contributed by atoms with van der Waals surface area (Å²) in [6.45, 7) is 0. The number of benzene rings is 1. The number of aromatic nitrogens is 2. The molecule has 0 saturated carbocycles. The van der Waals surface area contributed by atoms with Crippen molar-refractivity contribution in [3.05, 3.63) is 48.2 Å². The van der Waals surface area contributed by atoms with E-state index in [-0.39, 0.29) is 0 Å². The average Bonchev–Trinajstić information content (AvgIpc) is 2.82. The van der Waals surface area contributed by atoms with Crippen molar-refractivity contribution >= 4 is 27.8 Å². The Morgan fingerprint density at radius 2 is 2.06 bits per heavy atom. The molecule has 0 fully saturated rings. The van der Waals surface area contributed by atoms with Crippen molar-refractivity contribution in [1.82, 2.24) is 9.97 Å². The number of nitrogens with zero attached hydrogens (tertiary/aromatic N) is 2. The number of hydrogen-bond donors (Lipinski definition) is 0. The lowest BCUT2D eigenvalue weighted by Crippen LogP contribution is -1.85. The molecular weight excluding hydrogens is 232 g/mol. The molecule has 0 saturated heterocycles. The van der Waals surface area contributed by atoms with Gasteiger partial charge in [-0.15, -0.1) is 11.3 Å². The first-order valence-corrected chi connectivity index (χ1v) is 5.95. The molecule has 3 nitrogen and oxygen atoms in total. The van der Waals surface area contributed by atoms with Crippen molar-refractivity contribution in [2.75, 3.05) is 0 Å². The van der Waals surface area contributed by atoms with Crippen molar-refractivity contribution < 1.29 is 4.79 Å². The first kappa shape index (κ1) is 10.1. The van der Waals surface area contributed by atoms with Gasteiger partial charge in [-0.1, -0.05) is 12.1 Å². The second-order valence-corrected chi connectivity index (χ2v) is 4.61. The van der Waals surface area contributed by atoms with Gasteiger partial charge in [0.05, 0.1) is 15.9 Å². The Balaban J connectivity index is 2.16. The maximum Gasteiger partial charge on any atom is 0.150 e. The maximum atomic E-state index is 10.7.